The Bertz CT molecular complexity index is 1070. The van der Waals surface area contributed by atoms with E-state index in [4.69, 9.17) is 9.90 Å². The number of aromatic amines is 2. The summed E-state index contributed by atoms with van der Waals surface area (Å²) in [4.78, 5) is 32.2. The molecule has 162 valence electrons. The number of carbonyl (C=O) groups excluding carboxylic acids is 1. The molecule has 0 aliphatic carbocycles. The molecule has 1 amide bonds. The molecule has 0 atom stereocenters. The van der Waals surface area contributed by atoms with Crippen LogP contribution in [0.15, 0.2) is 24.5 Å². The summed E-state index contributed by atoms with van der Waals surface area (Å²) in [6, 6.07) is 4.21. The van der Waals surface area contributed by atoms with Crippen LogP contribution in [0, 0.1) is 20.8 Å². The summed E-state index contributed by atoms with van der Waals surface area (Å²) in [5, 5.41) is 11.3. The monoisotopic (exact) mass is 424 g/mol. The van der Waals surface area contributed by atoms with Crippen molar-refractivity contribution in [2.75, 3.05) is 0 Å². The van der Waals surface area contributed by atoms with E-state index in [1.165, 1.54) is 11.1 Å². The number of aromatic nitrogens is 3. The van der Waals surface area contributed by atoms with Gasteiger partial charge in [-0.05, 0) is 57.4 Å². The highest BCUT2D eigenvalue weighted by Crippen LogP contribution is 2.27. The van der Waals surface area contributed by atoms with Gasteiger partial charge in [0, 0.05) is 23.3 Å². The lowest BCUT2D eigenvalue weighted by Gasteiger charge is -2.23. The Kier molecular flexibility index (Phi) is 6.29. The smallest absolute Gasteiger partial charge is 0.475 e. The molecule has 2 aromatic heterocycles. The Balaban J connectivity index is 0.000000396. The fourth-order valence-corrected chi connectivity index (χ4v) is 3.16. The maximum absolute atomic E-state index is 12.8. The Hall–Kier alpha value is -3.30. The van der Waals surface area contributed by atoms with Crippen molar-refractivity contribution < 1.29 is 27.9 Å². The van der Waals surface area contributed by atoms with Crippen LogP contribution in [0.25, 0.3) is 10.9 Å². The largest absolute Gasteiger partial charge is 0.490 e. The van der Waals surface area contributed by atoms with Gasteiger partial charge in [0.2, 0.25) is 0 Å². The lowest BCUT2D eigenvalue weighted by Crippen LogP contribution is -2.42. The maximum Gasteiger partial charge on any atom is 0.490 e. The summed E-state index contributed by atoms with van der Waals surface area (Å²) in [5.41, 5.74) is 4.37. The lowest BCUT2D eigenvalue weighted by atomic mass is 10.0. The highest BCUT2D eigenvalue weighted by Gasteiger charge is 2.38. The molecule has 3 rings (SSSR count). The summed E-state index contributed by atoms with van der Waals surface area (Å²) >= 11 is 0. The molecule has 10 heteroatoms. The van der Waals surface area contributed by atoms with Crippen molar-refractivity contribution in [3.63, 3.8) is 0 Å². The van der Waals surface area contributed by atoms with E-state index in [0.717, 1.165) is 22.3 Å². The number of H-pyrrole nitrogens is 2. The number of rotatable bonds is 3. The van der Waals surface area contributed by atoms with Gasteiger partial charge >= 0.3 is 12.1 Å². The van der Waals surface area contributed by atoms with E-state index in [1.807, 2.05) is 20.8 Å². The van der Waals surface area contributed by atoms with Crippen LogP contribution in [0.1, 0.15) is 46.9 Å². The van der Waals surface area contributed by atoms with Gasteiger partial charge in [0.05, 0.1) is 5.54 Å². The number of nitrogens with zero attached hydrogens (tertiary/aromatic N) is 1. The van der Waals surface area contributed by atoms with Gasteiger partial charge in [-0.15, -0.1) is 0 Å². The van der Waals surface area contributed by atoms with Crippen molar-refractivity contribution in [3.8, 4) is 0 Å². The van der Waals surface area contributed by atoms with Gasteiger partial charge < -0.3 is 20.4 Å². The third kappa shape index (κ3) is 5.00. The molecule has 0 spiro atoms. The van der Waals surface area contributed by atoms with E-state index in [9.17, 15) is 18.0 Å². The molecule has 3 aromatic rings. The first kappa shape index (κ1) is 23.0. The lowest BCUT2D eigenvalue weighted by molar-refractivity contribution is -0.192. The minimum atomic E-state index is -5.08. The molecule has 0 saturated carbocycles. The van der Waals surface area contributed by atoms with E-state index in [0.29, 0.717) is 5.69 Å². The summed E-state index contributed by atoms with van der Waals surface area (Å²) in [5.74, 6) is -2.16. The van der Waals surface area contributed by atoms with E-state index >= 15 is 0 Å². The van der Waals surface area contributed by atoms with Gasteiger partial charge in [-0.3, -0.25) is 4.79 Å². The predicted octanol–water partition coefficient (Wildman–Crippen LogP) is 4.11. The highest BCUT2D eigenvalue weighted by molar-refractivity contribution is 6.02. The molecule has 30 heavy (non-hydrogen) atoms. The first-order valence-electron chi connectivity index (χ1n) is 8.96. The number of carboxylic acids is 1. The van der Waals surface area contributed by atoms with Gasteiger partial charge in [0.25, 0.3) is 5.91 Å². The second-order valence-corrected chi connectivity index (χ2v) is 7.45. The third-order valence-electron chi connectivity index (χ3n) is 4.48. The summed E-state index contributed by atoms with van der Waals surface area (Å²) in [6.45, 7) is 9.97. The molecule has 0 unspecified atom stereocenters. The standard InChI is InChI=1S/C18H22N4O.C2HF3O2/c1-10-8-11(2)14-12(3)15(21-13(14)9-10)16(23)22-18(4,5)17-19-6-7-20-17;3-2(4,5)1(6)7/h6-9,21H,1-5H3,(H,19,20)(H,22,23);(H,6,7). The number of amides is 1. The fraction of sp³-hybridized carbons (Fsp3) is 0.350. The van der Waals surface area contributed by atoms with Gasteiger partial charge in [-0.2, -0.15) is 13.2 Å². The molecule has 0 aliphatic rings. The van der Waals surface area contributed by atoms with Crippen LogP contribution in [0.2, 0.25) is 0 Å². The molecule has 0 bridgehead atoms. The average molecular weight is 424 g/mol. The number of aryl methyl sites for hydroxylation is 3. The average Bonchev–Trinajstić information content (AvgIpc) is 3.22. The molecule has 2 heterocycles. The molecule has 0 fully saturated rings. The molecule has 0 aliphatic heterocycles. The Labute approximate surface area is 170 Å². The van der Waals surface area contributed by atoms with E-state index in [1.54, 1.807) is 12.4 Å². The second kappa shape index (κ2) is 8.21. The predicted molar refractivity (Wildman–Crippen MR) is 105 cm³/mol. The van der Waals surface area contributed by atoms with Crippen molar-refractivity contribution in [3.05, 3.63) is 52.7 Å². The normalized spacial score (nSPS) is 11.7. The molecular formula is C20H23F3N4O3. The number of alkyl halides is 3. The molecule has 7 nitrogen and oxygen atoms in total. The molecule has 4 N–H and O–H groups in total. The molecule has 0 saturated heterocycles. The fourth-order valence-electron chi connectivity index (χ4n) is 3.16. The summed E-state index contributed by atoms with van der Waals surface area (Å²) in [7, 11) is 0. The van der Waals surface area contributed by atoms with Crippen LogP contribution in [0.5, 0.6) is 0 Å². The van der Waals surface area contributed by atoms with Gasteiger partial charge in [0.1, 0.15) is 11.5 Å². The van der Waals surface area contributed by atoms with Crippen molar-refractivity contribution in [1.29, 1.82) is 0 Å². The summed E-state index contributed by atoms with van der Waals surface area (Å²) in [6.07, 6.45) is -1.65. The minimum absolute atomic E-state index is 0.128. The topological polar surface area (TPSA) is 111 Å². The Morgan fingerprint density at radius 3 is 2.23 bits per heavy atom. The number of halogens is 3. The van der Waals surface area contributed by atoms with Gasteiger partial charge in [0.15, 0.2) is 0 Å². The number of nitrogens with one attached hydrogen (secondary N) is 3. The molecule has 0 radical (unpaired) electrons. The van der Waals surface area contributed by atoms with Crippen molar-refractivity contribution in [2.24, 2.45) is 0 Å². The number of aliphatic carboxylic acids is 1. The van der Waals surface area contributed by atoms with E-state index < -0.39 is 17.7 Å². The number of hydrogen-bond acceptors (Lipinski definition) is 3. The van der Waals surface area contributed by atoms with Crippen LogP contribution in [-0.2, 0) is 10.3 Å². The van der Waals surface area contributed by atoms with Gasteiger partial charge in [-0.25, -0.2) is 9.78 Å². The molecular weight excluding hydrogens is 401 g/mol. The number of hydrogen-bond donors (Lipinski definition) is 4. The van der Waals surface area contributed by atoms with E-state index in [-0.39, 0.29) is 5.91 Å². The zero-order chi connectivity index (χ0) is 22.9. The first-order chi connectivity index (χ1) is 13.7. The van der Waals surface area contributed by atoms with Gasteiger partial charge in [-0.1, -0.05) is 6.07 Å². The van der Waals surface area contributed by atoms with Crippen LogP contribution < -0.4 is 5.32 Å². The van der Waals surface area contributed by atoms with E-state index in [2.05, 4.69) is 46.2 Å². The number of benzene rings is 1. The van der Waals surface area contributed by atoms with Crippen LogP contribution >= 0.6 is 0 Å². The Morgan fingerprint density at radius 2 is 1.73 bits per heavy atom. The van der Waals surface area contributed by atoms with Crippen LogP contribution in [0.4, 0.5) is 13.2 Å². The zero-order valence-electron chi connectivity index (χ0n) is 17.2. The minimum Gasteiger partial charge on any atom is -0.475 e. The number of imidazole rings is 1. The Morgan fingerprint density at radius 1 is 1.13 bits per heavy atom. The van der Waals surface area contributed by atoms with Crippen LogP contribution in [-0.4, -0.2) is 38.1 Å². The van der Waals surface area contributed by atoms with Crippen molar-refractivity contribution in [1.82, 2.24) is 20.3 Å². The highest BCUT2D eigenvalue weighted by atomic mass is 19.4. The second-order valence-electron chi connectivity index (χ2n) is 7.45. The van der Waals surface area contributed by atoms with Crippen LogP contribution in [0.3, 0.4) is 0 Å². The van der Waals surface area contributed by atoms with Crippen molar-refractivity contribution in [2.45, 2.75) is 46.3 Å². The maximum atomic E-state index is 12.8. The number of carbonyl (C=O) groups is 2. The SMILES string of the molecule is Cc1cc(C)c2c(C)c(C(=O)NC(C)(C)c3ncc[nH]3)[nH]c2c1.O=C(O)C(F)(F)F. The zero-order valence-corrected chi connectivity index (χ0v) is 17.2. The quantitative estimate of drug-likeness (QED) is 0.507. The van der Waals surface area contributed by atoms with Crippen molar-refractivity contribution >= 4 is 22.8 Å². The number of fused-ring (bicyclic) bond motifs is 1. The summed E-state index contributed by atoms with van der Waals surface area (Å²) < 4.78 is 31.7. The first-order valence-corrected chi connectivity index (χ1v) is 8.96. The number of carboxylic acid groups (broad SMARTS) is 1. The molecule has 1 aromatic carbocycles. The third-order valence-corrected chi connectivity index (χ3v) is 4.48.